The van der Waals surface area contributed by atoms with Gasteiger partial charge in [-0.05, 0) is 74.5 Å². The third kappa shape index (κ3) is 6.62. The van der Waals surface area contributed by atoms with Gasteiger partial charge in [0, 0.05) is 17.8 Å². The van der Waals surface area contributed by atoms with Crippen molar-refractivity contribution in [1.82, 2.24) is 15.0 Å². The second kappa shape index (κ2) is 13.2. The number of carbonyl (C=O) groups is 3. The van der Waals surface area contributed by atoms with E-state index in [4.69, 9.17) is 21.8 Å². The lowest BCUT2D eigenvalue weighted by molar-refractivity contribution is -0.123. The van der Waals surface area contributed by atoms with Crippen LogP contribution in [0.5, 0.6) is 0 Å². The molecule has 5 rings (SSSR count). The Morgan fingerprint density at radius 2 is 1.67 bits per heavy atom. The largest absolute Gasteiger partial charge is 0.464 e. The van der Waals surface area contributed by atoms with Crippen LogP contribution in [0.15, 0.2) is 34.7 Å². The summed E-state index contributed by atoms with van der Waals surface area (Å²) in [5, 5.41) is 5.84. The summed E-state index contributed by atoms with van der Waals surface area (Å²) >= 11 is 6.92. The quantitative estimate of drug-likeness (QED) is 0.272. The number of aromatic nitrogens is 1. The molecule has 4 N–H and O–H groups in total. The SMILES string of the molecule is Cc1ccc([C@H](C(=O)NC2CCCCC2)N(C(=O)c2snc(C(=O)NC3CCCCC3)c2N)c2ccc(F)c(Cl)c2)o1. The number of halogens is 2. The van der Waals surface area contributed by atoms with Crippen molar-refractivity contribution in [2.45, 2.75) is 89.3 Å². The second-order valence-corrected chi connectivity index (χ2v) is 12.2. The first-order chi connectivity index (χ1) is 20.2. The number of nitrogens with one attached hydrogen (secondary N) is 2. The molecule has 3 amide bonds. The number of nitrogens with zero attached hydrogens (tertiary/aromatic N) is 2. The summed E-state index contributed by atoms with van der Waals surface area (Å²) in [5.41, 5.74) is 6.41. The van der Waals surface area contributed by atoms with Crippen LogP contribution in [0.25, 0.3) is 0 Å². The van der Waals surface area contributed by atoms with Gasteiger partial charge in [-0.3, -0.25) is 19.3 Å². The normalized spacial score (nSPS) is 17.0. The van der Waals surface area contributed by atoms with E-state index in [1.807, 2.05) is 0 Å². The molecule has 3 aromatic rings. The van der Waals surface area contributed by atoms with Crippen molar-refractivity contribution in [2.75, 3.05) is 10.6 Å². The molecule has 0 aliphatic heterocycles. The minimum atomic E-state index is -1.27. The predicted octanol–water partition coefficient (Wildman–Crippen LogP) is 6.32. The molecule has 0 radical (unpaired) electrons. The van der Waals surface area contributed by atoms with Crippen LogP contribution >= 0.6 is 23.1 Å². The molecule has 42 heavy (non-hydrogen) atoms. The van der Waals surface area contributed by atoms with Gasteiger partial charge in [-0.15, -0.1) is 0 Å². The summed E-state index contributed by atoms with van der Waals surface area (Å²) in [4.78, 5) is 42.5. The van der Waals surface area contributed by atoms with Crippen molar-refractivity contribution in [2.24, 2.45) is 0 Å². The van der Waals surface area contributed by atoms with Gasteiger partial charge in [0.2, 0.25) is 0 Å². The van der Waals surface area contributed by atoms with Gasteiger partial charge in [-0.1, -0.05) is 50.1 Å². The lowest BCUT2D eigenvalue weighted by Gasteiger charge is -2.32. The van der Waals surface area contributed by atoms with Crippen LogP contribution in [0.1, 0.15) is 102 Å². The number of nitrogen functional groups attached to an aromatic ring is 1. The number of nitrogens with two attached hydrogens (primary N) is 1. The molecule has 2 aliphatic rings. The summed E-state index contributed by atoms with van der Waals surface area (Å²) in [5.74, 6) is -1.51. The molecule has 2 aromatic heterocycles. The molecule has 0 unspecified atom stereocenters. The fourth-order valence-corrected chi connectivity index (χ4v) is 6.65. The van der Waals surface area contributed by atoms with E-state index < -0.39 is 29.6 Å². The average molecular weight is 616 g/mol. The molecule has 9 nitrogen and oxygen atoms in total. The Morgan fingerprint density at radius 3 is 2.26 bits per heavy atom. The molecule has 12 heteroatoms. The summed E-state index contributed by atoms with van der Waals surface area (Å²) in [7, 11) is 0. The average Bonchev–Trinajstić information content (AvgIpc) is 3.59. The van der Waals surface area contributed by atoms with Gasteiger partial charge < -0.3 is 20.8 Å². The highest BCUT2D eigenvalue weighted by Gasteiger charge is 2.39. The number of furan rings is 1. The van der Waals surface area contributed by atoms with Gasteiger partial charge in [0.25, 0.3) is 17.7 Å². The number of amides is 3. The molecule has 2 fully saturated rings. The molecule has 2 heterocycles. The van der Waals surface area contributed by atoms with Gasteiger partial charge >= 0.3 is 0 Å². The highest BCUT2D eigenvalue weighted by atomic mass is 35.5. The first-order valence-electron chi connectivity index (χ1n) is 14.4. The van der Waals surface area contributed by atoms with E-state index >= 15 is 0 Å². The number of hydrogen-bond acceptors (Lipinski definition) is 7. The summed E-state index contributed by atoms with van der Waals surface area (Å²) in [6.45, 7) is 1.74. The van der Waals surface area contributed by atoms with E-state index in [0.717, 1.165) is 81.8 Å². The molecular formula is C30H35ClFN5O4S. The van der Waals surface area contributed by atoms with Gasteiger partial charge in [0.05, 0.1) is 10.7 Å². The van der Waals surface area contributed by atoms with Crippen LogP contribution in [0, 0.1) is 12.7 Å². The Labute approximate surface area is 253 Å². The monoisotopic (exact) mass is 615 g/mol. The summed E-state index contributed by atoms with van der Waals surface area (Å²) in [6, 6.07) is 5.80. The maximum absolute atomic E-state index is 14.3. The van der Waals surface area contributed by atoms with Crippen molar-refractivity contribution in [1.29, 1.82) is 0 Å². The lowest BCUT2D eigenvalue weighted by atomic mass is 9.95. The number of hydrogen-bond donors (Lipinski definition) is 3. The maximum atomic E-state index is 14.3. The molecule has 0 saturated heterocycles. The number of benzene rings is 1. The van der Waals surface area contributed by atoms with E-state index in [-0.39, 0.29) is 44.8 Å². The number of anilines is 2. The van der Waals surface area contributed by atoms with E-state index in [0.29, 0.717) is 5.76 Å². The van der Waals surface area contributed by atoms with Crippen molar-refractivity contribution in [3.05, 3.63) is 63.3 Å². The Morgan fingerprint density at radius 1 is 1.02 bits per heavy atom. The zero-order chi connectivity index (χ0) is 29.8. The fraction of sp³-hybridized carbons (Fsp3) is 0.467. The van der Waals surface area contributed by atoms with E-state index in [1.165, 1.54) is 17.0 Å². The van der Waals surface area contributed by atoms with Crippen LogP contribution in [0.3, 0.4) is 0 Å². The predicted molar refractivity (Wildman–Crippen MR) is 160 cm³/mol. The zero-order valence-corrected chi connectivity index (χ0v) is 25.0. The van der Waals surface area contributed by atoms with Crippen molar-refractivity contribution < 1.29 is 23.2 Å². The smallest absolute Gasteiger partial charge is 0.273 e. The van der Waals surface area contributed by atoms with E-state index in [1.54, 1.807) is 19.1 Å². The first kappa shape index (κ1) is 30.0. The zero-order valence-electron chi connectivity index (χ0n) is 23.5. The highest BCUT2D eigenvalue weighted by Crippen LogP contribution is 2.36. The van der Waals surface area contributed by atoms with Crippen LogP contribution < -0.4 is 21.3 Å². The number of rotatable bonds is 8. The minimum Gasteiger partial charge on any atom is -0.464 e. The highest BCUT2D eigenvalue weighted by molar-refractivity contribution is 7.09. The Kier molecular flexibility index (Phi) is 9.47. The van der Waals surface area contributed by atoms with Crippen molar-refractivity contribution in [3.63, 3.8) is 0 Å². The number of carbonyl (C=O) groups excluding carboxylic acids is 3. The lowest BCUT2D eigenvalue weighted by Crippen LogP contribution is -2.47. The molecule has 0 spiro atoms. The van der Waals surface area contributed by atoms with Gasteiger partial charge in [0.15, 0.2) is 11.7 Å². The fourth-order valence-electron chi connectivity index (χ4n) is 5.74. The van der Waals surface area contributed by atoms with E-state index in [9.17, 15) is 18.8 Å². The maximum Gasteiger partial charge on any atom is 0.273 e. The standard InChI is InChI=1S/C30H35ClFN5O4S/c1-17-12-15-23(41-17)26(29(39)35-19-10-6-3-7-11-19)37(20-13-14-22(32)21(31)16-20)30(40)27-24(33)25(36-42-27)28(38)34-18-8-4-2-5-9-18/h12-16,18-19,26H,2-11,33H2,1H3,(H,34,38)(H,35,39)/t26-/m1/s1. The molecule has 2 saturated carbocycles. The third-order valence-corrected chi connectivity index (χ3v) is 9.11. The van der Waals surface area contributed by atoms with Gasteiger partial charge in [-0.2, -0.15) is 4.37 Å². The third-order valence-electron chi connectivity index (χ3n) is 7.97. The topological polar surface area (TPSA) is 131 Å². The Balaban J connectivity index is 1.53. The van der Waals surface area contributed by atoms with Crippen LogP contribution in [-0.2, 0) is 4.79 Å². The molecule has 0 bridgehead atoms. The van der Waals surface area contributed by atoms with Gasteiger partial charge in [0.1, 0.15) is 22.2 Å². The van der Waals surface area contributed by atoms with Crippen LogP contribution in [0.4, 0.5) is 15.8 Å². The molecule has 1 aromatic carbocycles. The molecule has 1 atom stereocenters. The number of aryl methyl sites for hydroxylation is 1. The van der Waals surface area contributed by atoms with Crippen molar-refractivity contribution in [3.8, 4) is 0 Å². The van der Waals surface area contributed by atoms with Gasteiger partial charge in [-0.25, -0.2) is 4.39 Å². The first-order valence-corrected chi connectivity index (χ1v) is 15.6. The molecule has 224 valence electrons. The minimum absolute atomic E-state index is 0.0250. The Hall–Kier alpha value is -3.44. The van der Waals surface area contributed by atoms with E-state index in [2.05, 4.69) is 15.0 Å². The second-order valence-electron chi connectivity index (χ2n) is 11.1. The Bertz CT molecular complexity index is 1450. The summed E-state index contributed by atoms with van der Waals surface area (Å²) in [6.07, 6.45) is 9.71. The van der Waals surface area contributed by atoms with Crippen LogP contribution in [0.2, 0.25) is 5.02 Å². The molecule has 2 aliphatic carbocycles. The van der Waals surface area contributed by atoms with Crippen LogP contribution in [-0.4, -0.2) is 34.2 Å². The summed E-state index contributed by atoms with van der Waals surface area (Å²) < 4.78 is 24.3. The van der Waals surface area contributed by atoms with Crippen molar-refractivity contribution >= 4 is 52.2 Å². The molecular weight excluding hydrogens is 581 g/mol.